The second kappa shape index (κ2) is 7.99. The standard InChI is InChI=1S/C26H33NO5/c1-16-8-12-19-23(16)24(31-22(30)13-9-17-6-4-3-5-7-17)26(18-10-11-18)14-20(25(19,2)32-26)27-21(29)15-28/h3-7,9,13,16,18-20,23-24,28H,8,10-12,14-15H2,1-2H3,(H,27,29)/b13-9+/t16-,19-,20-,23?,24+,25+,26-/m1/s1. The molecule has 1 amide bonds. The first-order chi connectivity index (χ1) is 15.4. The summed E-state index contributed by atoms with van der Waals surface area (Å²) in [5, 5.41) is 12.4. The van der Waals surface area contributed by atoms with E-state index in [-0.39, 0.29) is 35.9 Å². The third-order valence-electron chi connectivity index (χ3n) is 8.45. The predicted molar refractivity (Wildman–Crippen MR) is 119 cm³/mol. The number of aliphatic hydroxyl groups excluding tert-OH is 1. The summed E-state index contributed by atoms with van der Waals surface area (Å²) in [7, 11) is 0. The van der Waals surface area contributed by atoms with Gasteiger partial charge in [-0.25, -0.2) is 4.79 Å². The molecule has 2 saturated carbocycles. The first-order valence-electron chi connectivity index (χ1n) is 11.9. The minimum Gasteiger partial charge on any atom is -0.456 e. The molecule has 2 N–H and O–H groups in total. The summed E-state index contributed by atoms with van der Waals surface area (Å²) in [6.45, 7) is 3.83. The molecule has 0 spiro atoms. The van der Waals surface area contributed by atoms with Crippen LogP contribution in [0.1, 0.15) is 51.5 Å². The van der Waals surface area contributed by atoms with Crippen molar-refractivity contribution in [1.29, 1.82) is 0 Å². The Morgan fingerprint density at radius 2 is 1.97 bits per heavy atom. The Hall–Kier alpha value is -2.18. The smallest absolute Gasteiger partial charge is 0.331 e. The van der Waals surface area contributed by atoms with Crippen molar-refractivity contribution in [1.82, 2.24) is 5.32 Å². The number of benzene rings is 1. The summed E-state index contributed by atoms with van der Waals surface area (Å²) in [5.41, 5.74) is -0.127. The highest BCUT2D eigenvalue weighted by molar-refractivity contribution is 5.87. The number of hydrogen-bond donors (Lipinski definition) is 2. The maximum absolute atomic E-state index is 13.0. The number of ether oxygens (including phenoxy) is 2. The molecule has 2 aliphatic heterocycles. The lowest BCUT2D eigenvalue weighted by Gasteiger charge is -2.52. The van der Waals surface area contributed by atoms with Gasteiger partial charge in [0.25, 0.3) is 0 Å². The average Bonchev–Trinajstić information content (AvgIpc) is 3.52. The number of carbonyl (C=O) groups excluding carboxylic acids is 2. The van der Waals surface area contributed by atoms with Gasteiger partial charge in [0.15, 0.2) is 0 Å². The van der Waals surface area contributed by atoms with E-state index in [4.69, 9.17) is 9.47 Å². The molecular weight excluding hydrogens is 406 g/mol. The zero-order chi connectivity index (χ0) is 22.5. The molecule has 4 aliphatic rings. The van der Waals surface area contributed by atoms with E-state index in [0.29, 0.717) is 18.3 Å². The van der Waals surface area contributed by atoms with E-state index in [1.165, 1.54) is 6.08 Å². The molecule has 4 fully saturated rings. The van der Waals surface area contributed by atoms with E-state index < -0.39 is 17.8 Å². The van der Waals surface area contributed by atoms with Gasteiger partial charge in [0.05, 0.1) is 11.6 Å². The number of rotatable bonds is 6. The fraction of sp³-hybridized carbons (Fsp3) is 0.615. The number of carbonyl (C=O) groups is 2. The Bertz CT molecular complexity index is 912. The largest absolute Gasteiger partial charge is 0.456 e. The maximum atomic E-state index is 13.0. The molecule has 5 rings (SSSR count). The number of nitrogens with one attached hydrogen (secondary N) is 1. The molecular formula is C26H33NO5. The summed E-state index contributed by atoms with van der Waals surface area (Å²) in [4.78, 5) is 25.1. The Labute approximate surface area is 189 Å². The van der Waals surface area contributed by atoms with Crippen LogP contribution in [0.15, 0.2) is 36.4 Å². The number of fused-ring (bicyclic) bond motifs is 4. The van der Waals surface area contributed by atoms with Gasteiger partial charge in [0.1, 0.15) is 18.3 Å². The minimum atomic E-state index is -0.571. The van der Waals surface area contributed by atoms with Crippen molar-refractivity contribution >= 4 is 18.0 Å². The number of amides is 1. The Balaban J connectivity index is 1.45. The number of esters is 1. The zero-order valence-corrected chi connectivity index (χ0v) is 18.8. The molecule has 0 radical (unpaired) electrons. The average molecular weight is 440 g/mol. The van der Waals surface area contributed by atoms with Crippen LogP contribution in [0.5, 0.6) is 0 Å². The topological polar surface area (TPSA) is 84.9 Å². The monoisotopic (exact) mass is 439 g/mol. The van der Waals surface area contributed by atoms with Gasteiger partial charge < -0.3 is 19.9 Å². The molecule has 2 bridgehead atoms. The molecule has 6 heteroatoms. The van der Waals surface area contributed by atoms with Gasteiger partial charge in [0.2, 0.25) is 5.91 Å². The van der Waals surface area contributed by atoms with Crippen molar-refractivity contribution in [3.8, 4) is 0 Å². The van der Waals surface area contributed by atoms with Gasteiger partial charge in [0, 0.05) is 18.4 Å². The van der Waals surface area contributed by atoms with Gasteiger partial charge in [-0.05, 0) is 62.0 Å². The van der Waals surface area contributed by atoms with E-state index in [9.17, 15) is 14.7 Å². The van der Waals surface area contributed by atoms with Crippen LogP contribution in [-0.2, 0) is 19.1 Å². The molecule has 6 nitrogen and oxygen atoms in total. The van der Waals surface area contributed by atoms with Gasteiger partial charge >= 0.3 is 5.97 Å². The van der Waals surface area contributed by atoms with Crippen LogP contribution in [0.4, 0.5) is 0 Å². The summed E-state index contributed by atoms with van der Waals surface area (Å²) in [6.07, 6.45) is 7.75. The third-order valence-corrected chi connectivity index (χ3v) is 8.45. The highest BCUT2D eigenvalue weighted by Crippen LogP contribution is 2.65. The van der Waals surface area contributed by atoms with Crippen LogP contribution in [0.25, 0.3) is 6.08 Å². The maximum Gasteiger partial charge on any atom is 0.331 e. The van der Waals surface area contributed by atoms with E-state index >= 15 is 0 Å². The van der Waals surface area contributed by atoms with Crippen molar-refractivity contribution < 1.29 is 24.2 Å². The quantitative estimate of drug-likeness (QED) is 0.526. The van der Waals surface area contributed by atoms with Crippen LogP contribution < -0.4 is 5.32 Å². The first-order valence-corrected chi connectivity index (χ1v) is 11.9. The van der Waals surface area contributed by atoms with Gasteiger partial charge in [-0.2, -0.15) is 0 Å². The van der Waals surface area contributed by atoms with Crippen LogP contribution in [0.2, 0.25) is 0 Å². The molecule has 7 atom stereocenters. The fourth-order valence-corrected chi connectivity index (χ4v) is 6.84. The Morgan fingerprint density at radius 3 is 2.66 bits per heavy atom. The molecule has 2 saturated heterocycles. The van der Waals surface area contributed by atoms with E-state index in [1.807, 2.05) is 30.3 Å². The molecule has 32 heavy (non-hydrogen) atoms. The summed E-state index contributed by atoms with van der Waals surface area (Å²) < 4.78 is 13.1. The second-order valence-corrected chi connectivity index (χ2v) is 10.3. The first kappa shape index (κ1) is 21.7. The van der Waals surface area contributed by atoms with Crippen LogP contribution in [0.3, 0.4) is 0 Å². The van der Waals surface area contributed by atoms with E-state index in [1.54, 1.807) is 6.08 Å². The van der Waals surface area contributed by atoms with Crippen molar-refractivity contribution in [2.24, 2.45) is 23.7 Å². The fourth-order valence-electron chi connectivity index (χ4n) is 6.84. The van der Waals surface area contributed by atoms with E-state index in [0.717, 1.165) is 31.2 Å². The van der Waals surface area contributed by atoms with Gasteiger partial charge in [-0.1, -0.05) is 37.3 Å². The predicted octanol–water partition coefficient (Wildman–Crippen LogP) is 3.09. The lowest BCUT2D eigenvalue weighted by atomic mass is 9.70. The SMILES string of the molecule is C[C@@H]1CC[C@@H]2C1[C@H](OC(=O)/C=C/c1ccccc1)[C@]1(C3CC3)C[C@@H](NC(=O)CO)[C@@]2(C)O1. The molecule has 1 aromatic rings. The van der Waals surface area contributed by atoms with Crippen LogP contribution in [0, 0.1) is 23.7 Å². The van der Waals surface area contributed by atoms with Crippen LogP contribution in [-0.4, -0.2) is 46.9 Å². The molecule has 1 aromatic carbocycles. The molecule has 172 valence electrons. The van der Waals surface area contributed by atoms with Crippen molar-refractivity contribution in [3.63, 3.8) is 0 Å². The van der Waals surface area contributed by atoms with E-state index in [2.05, 4.69) is 19.2 Å². The summed E-state index contributed by atoms with van der Waals surface area (Å²) in [6, 6.07) is 9.53. The lowest BCUT2D eigenvalue weighted by Crippen LogP contribution is -2.62. The van der Waals surface area contributed by atoms with Crippen LogP contribution >= 0.6 is 0 Å². The number of hydrogen-bond acceptors (Lipinski definition) is 5. The second-order valence-electron chi connectivity index (χ2n) is 10.3. The highest BCUT2D eigenvalue weighted by atomic mass is 16.6. The summed E-state index contributed by atoms with van der Waals surface area (Å²) in [5.74, 6) is 0.449. The zero-order valence-electron chi connectivity index (χ0n) is 18.8. The van der Waals surface area contributed by atoms with Gasteiger partial charge in [-0.3, -0.25) is 4.79 Å². The van der Waals surface area contributed by atoms with Crippen molar-refractivity contribution in [3.05, 3.63) is 42.0 Å². The Morgan fingerprint density at radius 1 is 1.22 bits per heavy atom. The molecule has 0 aromatic heterocycles. The normalized spacial score (nSPS) is 40.3. The molecule has 1 unspecified atom stereocenters. The lowest BCUT2D eigenvalue weighted by molar-refractivity contribution is -0.252. The van der Waals surface area contributed by atoms with Crippen molar-refractivity contribution in [2.45, 2.75) is 69.3 Å². The number of aliphatic hydroxyl groups is 1. The molecule has 2 aliphatic carbocycles. The molecule has 2 heterocycles. The third kappa shape index (κ3) is 3.48. The minimum absolute atomic E-state index is 0.191. The van der Waals surface area contributed by atoms with Crippen molar-refractivity contribution in [2.75, 3.05) is 6.61 Å². The summed E-state index contributed by atoms with van der Waals surface area (Å²) >= 11 is 0. The Kier molecular flexibility index (Phi) is 5.41. The highest BCUT2D eigenvalue weighted by Gasteiger charge is 2.73. The van der Waals surface area contributed by atoms with Gasteiger partial charge in [-0.15, -0.1) is 0 Å².